The lowest BCUT2D eigenvalue weighted by Gasteiger charge is -2.22. The number of rotatable bonds is 6. The zero-order chi connectivity index (χ0) is 23.1. The van der Waals surface area contributed by atoms with Crippen molar-refractivity contribution in [2.45, 2.75) is 19.4 Å². The molecule has 172 valence electrons. The molecule has 0 unspecified atom stereocenters. The summed E-state index contributed by atoms with van der Waals surface area (Å²) in [5, 5.41) is -0.300. The number of hydrogen-bond donors (Lipinski definition) is 0. The number of benzene rings is 2. The normalized spacial score (nSPS) is 15.2. The van der Waals surface area contributed by atoms with E-state index in [0.717, 1.165) is 17.7 Å². The summed E-state index contributed by atoms with van der Waals surface area (Å²) < 4.78 is 46.3. The number of esters is 1. The molecule has 0 spiro atoms. The van der Waals surface area contributed by atoms with Crippen LogP contribution in [0.5, 0.6) is 5.75 Å². The van der Waals surface area contributed by atoms with Gasteiger partial charge in [0.05, 0.1) is 11.6 Å². The van der Waals surface area contributed by atoms with E-state index in [-0.39, 0.29) is 35.6 Å². The highest BCUT2D eigenvalue weighted by atomic mass is 35.5. The summed E-state index contributed by atoms with van der Waals surface area (Å²) in [7, 11) is 0. The topological polar surface area (TPSA) is 59.1 Å². The number of nitrogens with zero attached hydrogens (tertiary/aromatic N) is 2. The Morgan fingerprint density at radius 1 is 1.00 bits per heavy atom. The minimum atomic E-state index is -4.87. The first kappa shape index (κ1) is 23.9. The smallest absolute Gasteiger partial charge is 0.460 e. The summed E-state index contributed by atoms with van der Waals surface area (Å²) >= 11 is 5.85. The first-order valence-electron chi connectivity index (χ1n) is 9.98. The predicted molar refractivity (Wildman–Crippen MR) is 111 cm³/mol. The highest BCUT2D eigenvalue weighted by Crippen LogP contribution is 2.31. The van der Waals surface area contributed by atoms with Crippen LogP contribution in [0, 0.1) is 0 Å². The molecule has 6 nitrogen and oxygen atoms in total. The van der Waals surface area contributed by atoms with E-state index in [2.05, 4.69) is 4.74 Å². The third-order valence-electron chi connectivity index (χ3n) is 4.88. The molecule has 1 aliphatic heterocycles. The average molecular weight is 471 g/mol. The zero-order valence-corrected chi connectivity index (χ0v) is 17.9. The summed E-state index contributed by atoms with van der Waals surface area (Å²) in [6.45, 7) is 2.21. The molecule has 0 saturated carbocycles. The first-order valence-corrected chi connectivity index (χ1v) is 10.4. The van der Waals surface area contributed by atoms with E-state index in [1.807, 2.05) is 35.2 Å². The van der Waals surface area contributed by atoms with Gasteiger partial charge < -0.3 is 14.4 Å². The van der Waals surface area contributed by atoms with Crippen molar-refractivity contribution in [1.82, 2.24) is 9.80 Å². The minimum absolute atomic E-state index is 0.115. The van der Waals surface area contributed by atoms with Crippen LogP contribution < -0.4 is 4.74 Å². The molecule has 0 N–H and O–H groups in total. The number of carbonyl (C=O) groups excluding carboxylic acids is 2. The van der Waals surface area contributed by atoms with Crippen LogP contribution in [0.4, 0.5) is 13.2 Å². The highest BCUT2D eigenvalue weighted by molar-refractivity contribution is 6.32. The molecule has 1 heterocycles. The summed E-state index contributed by atoms with van der Waals surface area (Å²) in [5.41, 5.74) is 1.07. The van der Waals surface area contributed by atoms with Gasteiger partial charge in [0.25, 0.3) is 5.91 Å². The van der Waals surface area contributed by atoms with Gasteiger partial charge in [0.15, 0.2) is 0 Å². The van der Waals surface area contributed by atoms with Crippen molar-refractivity contribution in [2.24, 2.45) is 0 Å². The van der Waals surface area contributed by atoms with Gasteiger partial charge in [0.2, 0.25) is 0 Å². The maximum absolute atomic E-state index is 12.8. The molecule has 0 bridgehead atoms. The molecular weight excluding hydrogens is 449 g/mol. The Labute approximate surface area is 188 Å². The second kappa shape index (κ2) is 10.7. The first-order chi connectivity index (χ1) is 15.2. The molecule has 0 aromatic heterocycles. The molecular formula is C22H22ClF3N2O4. The molecule has 1 fully saturated rings. The van der Waals surface area contributed by atoms with Gasteiger partial charge in [-0.05, 0) is 30.2 Å². The quantitative estimate of drug-likeness (QED) is 0.594. The lowest BCUT2D eigenvalue weighted by atomic mass is 10.2. The Morgan fingerprint density at radius 2 is 1.75 bits per heavy atom. The van der Waals surface area contributed by atoms with Crippen LogP contribution in [-0.4, -0.2) is 60.8 Å². The fourth-order valence-electron chi connectivity index (χ4n) is 3.32. The van der Waals surface area contributed by atoms with Crippen LogP contribution in [-0.2, 0) is 16.1 Å². The van der Waals surface area contributed by atoms with Crippen molar-refractivity contribution in [1.29, 1.82) is 0 Å². The van der Waals surface area contributed by atoms with Gasteiger partial charge in [0, 0.05) is 31.7 Å². The fourth-order valence-corrected chi connectivity index (χ4v) is 3.54. The maximum atomic E-state index is 12.8. The van der Waals surface area contributed by atoms with Gasteiger partial charge in [-0.3, -0.25) is 14.5 Å². The second-order valence-corrected chi connectivity index (χ2v) is 7.67. The molecule has 10 heteroatoms. The number of amides is 1. The van der Waals surface area contributed by atoms with Gasteiger partial charge in [-0.15, -0.1) is 13.2 Å². The standard InChI is InChI=1S/C22H22ClF3N2O4/c23-18-13-17(7-8-19(18)32-22(24,25)26)21(30)28-10-4-9-27(11-12-28)14-20(29)31-15-16-5-2-1-3-6-16/h1-3,5-8,13H,4,9-12,14-15H2. The van der Waals surface area contributed by atoms with E-state index in [1.54, 1.807) is 4.90 Å². The average Bonchev–Trinajstić information content (AvgIpc) is 2.98. The van der Waals surface area contributed by atoms with Gasteiger partial charge in [-0.25, -0.2) is 0 Å². The Bertz CT molecular complexity index is 941. The second-order valence-electron chi connectivity index (χ2n) is 7.26. The molecule has 2 aromatic carbocycles. The summed E-state index contributed by atoms with van der Waals surface area (Å²) in [6, 6.07) is 12.8. The highest BCUT2D eigenvalue weighted by Gasteiger charge is 2.32. The van der Waals surface area contributed by atoms with Crippen LogP contribution in [0.25, 0.3) is 0 Å². The number of halogens is 4. The molecule has 0 atom stereocenters. The largest absolute Gasteiger partial charge is 0.573 e. The number of ether oxygens (including phenoxy) is 2. The predicted octanol–water partition coefficient (Wildman–Crippen LogP) is 4.13. The lowest BCUT2D eigenvalue weighted by molar-refractivity contribution is -0.274. The Hall–Kier alpha value is -2.78. The molecule has 2 aromatic rings. The van der Waals surface area contributed by atoms with Crippen molar-refractivity contribution in [3.63, 3.8) is 0 Å². The van der Waals surface area contributed by atoms with Crippen molar-refractivity contribution in [3.05, 3.63) is 64.7 Å². The monoisotopic (exact) mass is 470 g/mol. The van der Waals surface area contributed by atoms with Crippen LogP contribution in [0.1, 0.15) is 22.3 Å². The SMILES string of the molecule is O=C(CN1CCCN(C(=O)c2ccc(OC(F)(F)F)c(Cl)c2)CC1)OCc1ccccc1. The molecule has 3 rings (SSSR count). The molecule has 1 amide bonds. The minimum Gasteiger partial charge on any atom is -0.460 e. The third-order valence-corrected chi connectivity index (χ3v) is 5.17. The van der Waals surface area contributed by atoms with Crippen LogP contribution in [0.2, 0.25) is 5.02 Å². The van der Waals surface area contributed by atoms with E-state index in [4.69, 9.17) is 16.3 Å². The van der Waals surface area contributed by atoms with E-state index < -0.39 is 12.1 Å². The van der Waals surface area contributed by atoms with Crippen molar-refractivity contribution < 1.29 is 32.2 Å². The van der Waals surface area contributed by atoms with Crippen molar-refractivity contribution in [3.8, 4) is 5.75 Å². The molecule has 32 heavy (non-hydrogen) atoms. The molecule has 0 radical (unpaired) electrons. The number of hydrogen-bond acceptors (Lipinski definition) is 5. The van der Waals surface area contributed by atoms with E-state index in [1.165, 1.54) is 6.07 Å². The van der Waals surface area contributed by atoms with Gasteiger partial charge in [-0.2, -0.15) is 0 Å². The van der Waals surface area contributed by atoms with Crippen LogP contribution in [0.3, 0.4) is 0 Å². The number of carbonyl (C=O) groups is 2. The zero-order valence-electron chi connectivity index (χ0n) is 17.1. The summed E-state index contributed by atoms with van der Waals surface area (Å²) in [4.78, 5) is 28.4. The van der Waals surface area contributed by atoms with Crippen LogP contribution >= 0.6 is 11.6 Å². The van der Waals surface area contributed by atoms with Gasteiger partial charge in [0.1, 0.15) is 12.4 Å². The Morgan fingerprint density at radius 3 is 2.44 bits per heavy atom. The lowest BCUT2D eigenvalue weighted by Crippen LogP contribution is -2.37. The Kier molecular flexibility index (Phi) is 7.98. The van der Waals surface area contributed by atoms with Crippen molar-refractivity contribution in [2.75, 3.05) is 32.7 Å². The molecule has 1 aliphatic rings. The Balaban J connectivity index is 1.51. The third kappa shape index (κ3) is 7.13. The van der Waals surface area contributed by atoms with Gasteiger partial charge in [-0.1, -0.05) is 41.9 Å². The fraction of sp³-hybridized carbons (Fsp3) is 0.364. The van der Waals surface area contributed by atoms with Gasteiger partial charge >= 0.3 is 12.3 Å². The molecule has 1 saturated heterocycles. The number of alkyl halides is 3. The summed E-state index contributed by atoms with van der Waals surface area (Å²) in [6.07, 6.45) is -4.23. The van der Waals surface area contributed by atoms with E-state index in [9.17, 15) is 22.8 Å². The summed E-state index contributed by atoms with van der Waals surface area (Å²) in [5.74, 6) is -1.26. The van der Waals surface area contributed by atoms with Crippen molar-refractivity contribution >= 4 is 23.5 Å². The maximum Gasteiger partial charge on any atom is 0.573 e. The van der Waals surface area contributed by atoms with E-state index >= 15 is 0 Å². The van der Waals surface area contributed by atoms with Crippen LogP contribution in [0.15, 0.2) is 48.5 Å². The molecule has 0 aliphatic carbocycles. The van der Waals surface area contributed by atoms with E-state index in [0.29, 0.717) is 32.6 Å².